The zero-order valence-electron chi connectivity index (χ0n) is 11.5. The lowest BCUT2D eigenvalue weighted by molar-refractivity contribution is 1.00. The third-order valence-electron chi connectivity index (χ3n) is 3.15. The Labute approximate surface area is 135 Å². The van der Waals surface area contributed by atoms with Gasteiger partial charge in [-0.15, -0.1) is 0 Å². The van der Waals surface area contributed by atoms with E-state index >= 15 is 0 Å². The maximum Gasteiger partial charge on any atom is 0.206 e. The van der Waals surface area contributed by atoms with Gasteiger partial charge in [-0.3, -0.25) is 10.4 Å². The fourth-order valence-electron chi connectivity index (χ4n) is 2.23. The summed E-state index contributed by atoms with van der Waals surface area (Å²) in [7, 11) is 0. The highest BCUT2D eigenvalue weighted by atomic mass is 79.9. The van der Waals surface area contributed by atoms with Crippen molar-refractivity contribution in [3.8, 4) is 11.3 Å². The van der Waals surface area contributed by atoms with E-state index in [1.165, 1.54) is 0 Å². The molecular weight excluding hydrogens is 344 g/mol. The first-order valence-electron chi connectivity index (χ1n) is 6.50. The zero-order chi connectivity index (χ0) is 15.5. The van der Waals surface area contributed by atoms with Crippen LogP contribution in [0.3, 0.4) is 0 Å². The average molecular weight is 357 g/mol. The van der Waals surface area contributed by atoms with E-state index in [1.807, 2.05) is 30.3 Å². The number of aromatic nitrogens is 2. The van der Waals surface area contributed by atoms with Crippen LogP contribution in [-0.4, -0.2) is 22.1 Å². The number of hydrogen-bond acceptors (Lipinski definition) is 3. The number of fused-ring (bicyclic) bond motifs is 1. The summed E-state index contributed by atoms with van der Waals surface area (Å²) in [5.41, 5.74) is 11.5. The highest BCUT2D eigenvalue weighted by molar-refractivity contribution is 9.10. The molecule has 0 radical (unpaired) electrons. The summed E-state index contributed by atoms with van der Waals surface area (Å²) in [6, 6.07) is 9.85. The maximum absolute atomic E-state index is 7.17. The molecule has 0 fully saturated rings. The number of nitrogens with one attached hydrogen (secondary N) is 3. The first kappa shape index (κ1) is 14.3. The monoisotopic (exact) mass is 356 g/mol. The topological polar surface area (TPSA) is 103 Å². The Morgan fingerprint density at radius 2 is 2.09 bits per heavy atom. The van der Waals surface area contributed by atoms with Crippen LogP contribution in [0.2, 0.25) is 0 Å². The van der Waals surface area contributed by atoms with E-state index in [4.69, 9.17) is 11.1 Å². The number of nitrogens with two attached hydrogens (primary N) is 1. The molecule has 3 aromatic rings. The number of hydrazone groups is 1. The van der Waals surface area contributed by atoms with Crippen LogP contribution in [0.1, 0.15) is 5.56 Å². The quantitative estimate of drug-likeness (QED) is 0.329. The third-order valence-corrected chi connectivity index (χ3v) is 3.64. The summed E-state index contributed by atoms with van der Waals surface area (Å²) >= 11 is 3.49. The molecule has 0 spiro atoms. The average Bonchev–Trinajstić information content (AvgIpc) is 2.86. The summed E-state index contributed by atoms with van der Waals surface area (Å²) in [6.45, 7) is 0. The number of rotatable bonds is 3. The molecule has 22 heavy (non-hydrogen) atoms. The van der Waals surface area contributed by atoms with E-state index < -0.39 is 0 Å². The molecule has 6 nitrogen and oxygen atoms in total. The second-order valence-electron chi connectivity index (χ2n) is 4.62. The SMILES string of the molecule is N=C(N)NN=Cc1c(-c2ccncc2)[nH]c2ccc(Br)cc12. The maximum atomic E-state index is 7.17. The lowest BCUT2D eigenvalue weighted by Crippen LogP contribution is -2.25. The molecule has 0 aliphatic carbocycles. The van der Waals surface area contributed by atoms with Crippen LogP contribution in [0, 0.1) is 5.41 Å². The van der Waals surface area contributed by atoms with Gasteiger partial charge in [0, 0.05) is 38.9 Å². The van der Waals surface area contributed by atoms with Crippen molar-refractivity contribution in [2.24, 2.45) is 10.8 Å². The minimum absolute atomic E-state index is 0.206. The first-order valence-corrected chi connectivity index (χ1v) is 7.29. The molecular formula is C15H13BrN6. The van der Waals surface area contributed by atoms with E-state index in [2.05, 4.69) is 36.4 Å². The third kappa shape index (κ3) is 2.84. The van der Waals surface area contributed by atoms with Crippen LogP contribution in [0.5, 0.6) is 0 Å². The van der Waals surface area contributed by atoms with E-state index in [0.29, 0.717) is 0 Å². The van der Waals surface area contributed by atoms with Crippen molar-refractivity contribution >= 4 is 39.0 Å². The van der Waals surface area contributed by atoms with Gasteiger partial charge in [-0.25, -0.2) is 5.43 Å². The fourth-order valence-corrected chi connectivity index (χ4v) is 2.59. The van der Waals surface area contributed by atoms with Gasteiger partial charge in [0.05, 0.1) is 11.9 Å². The second-order valence-corrected chi connectivity index (χ2v) is 5.54. The van der Waals surface area contributed by atoms with Gasteiger partial charge in [0.15, 0.2) is 0 Å². The van der Waals surface area contributed by atoms with Crippen LogP contribution >= 0.6 is 15.9 Å². The fraction of sp³-hybridized carbons (Fsp3) is 0. The van der Waals surface area contributed by atoms with Crippen molar-refractivity contribution in [2.45, 2.75) is 0 Å². The van der Waals surface area contributed by atoms with Gasteiger partial charge in [0.25, 0.3) is 0 Å². The number of aromatic amines is 1. The minimum Gasteiger partial charge on any atom is -0.369 e. The highest BCUT2D eigenvalue weighted by Crippen LogP contribution is 2.30. The number of guanidine groups is 1. The highest BCUT2D eigenvalue weighted by Gasteiger charge is 2.12. The molecule has 0 aliphatic heterocycles. The van der Waals surface area contributed by atoms with Crippen molar-refractivity contribution < 1.29 is 0 Å². The minimum atomic E-state index is -0.206. The Morgan fingerprint density at radius 1 is 1.32 bits per heavy atom. The Balaban J connectivity index is 2.18. The molecule has 0 bridgehead atoms. The summed E-state index contributed by atoms with van der Waals surface area (Å²) in [5.74, 6) is -0.206. The molecule has 1 aromatic carbocycles. The molecule has 0 atom stereocenters. The Bertz CT molecular complexity index is 853. The van der Waals surface area contributed by atoms with E-state index in [9.17, 15) is 0 Å². The van der Waals surface area contributed by atoms with Crippen molar-refractivity contribution in [2.75, 3.05) is 0 Å². The summed E-state index contributed by atoms with van der Waals surface area (Å²) < 4.78 is 0.981. The molecule has 0 aliphatic rings. The molecule has 0 amide bonds. The van der Waals surface area contributed by atoms with Crippen LogP contribution < -0.4 is 11.2 Å². The number of nitrogens with zero attached hydrogens (tertiary/aromatic N) is 2. The molecule has 5 N–H and O–H groups in total. The smallest absolute Gasteiger partial charge is 0.206 e. The van der Waals surface area contributed by atoms with Gasteiger partial charge in [-0.05, 0) is 30.3 Å². The van der Waals surface area contributed by atoms with Crippen LogP contribution in [0.15, 0.2) is 52.3 Å². The van der Waals surface area contributed by atoms with Gasteiger partial charge in [0.1, 0.15) is 0 Å². The van der Waals surface area contributed by atoms with Gasteiger partial charge in [0.2, 0.25) is 5.96 Å². The van der Waals surface area contributed by atoms with Crippen molar-refractivity contribution in [1.82, 2.24) is 15.4 Å². The van der Waals surface area contributed by atoms with Gasteiger partial charge >= 0.3 is 0 Å². The number of H-pyrrole nitrogens is 1. The molecule has 0 saturated heterocycles. The van der Waals surface area contributed by atoms with Crippen molar-refractivity contribution in [3.63, 3.8) is 0 Å². The summed E-state index contributed by atoms with van der Waals surface area (Å²) in [6.07, 6.45) is 5.14. The number of hydrogen-bond donors (Lipinski definition) is 4. The standard InChI is InChI=1S/C15H13BrN6/c16-10-1-2-13-11(7-10)12(8-20-22-15(17)18)14(21-13)9-3-5-19-6-4-9/h1-8,21H,(H4,17,18,22). The molecule has 0 saturated carbocycles. The van der Waals surface area contributed by atoms with Crippen LogP contribution in [-0.2, 0) is 0 Å². The first-order chi connectivity index (χ1) is 10.6. The van der Waals surface area contributed by atoms with Crippen molar-refractivity contribution in [3.05, 3.63) is 52.8 Å². The number of benzene rings is 1. The van der Waals surface area contributed by atoms with Gasteiger partial charge in [-0.2, -0.15) is 5.10 Å². The second kappa shape index (κ2) is 5.98. The largest absolute Gasteiger partial charge is 0.369 e. The van der Waals surface area contributed by atoms with Crippen LogP contribution in [0.25, 0.3) is 22.2 Å². The summed E-state index contributed by atoms with van der Waals surface area (Å²) in [5, 5.41) is 12.2. The van der Waals surface area contributed by atoms with Gasteiger partial charge < -0.3 is 10.7 Å². The Kier molecular flexibility index (Phi) is 3.88. The number of halogens is 1. The Hall–Kier alpha value is -2.67. The van der Waals surface area contributed by atoms with E-state index in [0.717, 1.165) is 32.2 Å². The zero-order valence-corrected chi connectivity index (χ0v) is 13.1. The van der Waals surface area contributed by atoms with E-state index in [1.54, 1.807) is 18.6 Å². The molecule has 2 aromatic heterocycles. The molecule has 110 valence electrons. The predicted octanol–water partition coefficient (Wildman–Crippen LogP) is 2.81. The molecule has 2 heterocycles. The van der Waals surface area contributed by atoms with Gasteiger partial charge in [-0.1, -0.05) is 15.9 Å². The lowest BCUT2D eigenvalue weighted by atomic mass is 10.1. The summed E-state index contributed by atoms with van der Waals surface area (Å²) in [4.78, 5) is 7.44. The molecule has 3 rings (SSSR count). The lowest BCUT2D eigenvalue weighted by Gasteiger charge is -2.00. The van der Waals surface area contributed by atoms with Crippen LogP contribution in [0.4, 0.5) is 0 Å². The molecule has 7 heteroatoms. The van der Waals surface area contributed by atoms with Crippen molar-refractivity contribution in [1.29, 1.82) is 5.41 Å². The molecule has 0 unspecified atom stereocenters. The van der Waals surface area contributed by atoms with E-state index in [-0.39, 0.29) is 5.96 Å². The Morgan fingerprint density at radius 3 is 2.82 bits per heavy atom. The number of pyridine rings is 1. The normalized spacial score (nSPS) is 11.1. The predicted molar refractivity (Wildman–Crippen MR) is 91.9 cm³/mol.